The number of fused-ring (bicyclic) bond motifs is 2. The topological polar surface area (TPSA) is 680 Å². The summed E-state index contributed by atoms with van der Waals surface area (Å²) in [5, 5.41) is 93.4. The number of carbonyl (C=O) groups excluding carboxylic acids is 15. The van der Waals surface area contributed by atoms with Gasteiger partial charge in [-0.3, -0.25) is 77.3 Å². The van der Waals surface area contributed by atoms with Crippen molar-refractivity contribution in [2.45, 2.75) is 270 Å². The van der Waals surface area contributed by atoms with Gasteiger partial charge in [-0.2, -0.15) is 11.8 Å². The fourth-order valence-corrected chi connectivity index (χ4v) is 16.7. The second kappa shape index (κ2) is 59.2. The van der Waals surface area contributed by atoms with E-state index in [2.05, 4.69) is 95.0 Å². The van der Waals surface area contributed by atoms with E-state index < -0.39 is 210 Å². The van der Waals surface area contributed by atoms with Gasteiger partial charge in [0.1, 0.15) is 102 Å². The molecule has 5 aromatic carbocycles. The van der Waals surface area contributed by atoms with Crippen LogP contribution in [0.3, 0.4) is 0 Å². The number of nitrogens with one attached hydrogen (secondary N) is 19. The zero-order valence-corrected chi connectivity index (χ0v) is 86.0. The summed E-state index contributed by atoms with van der Waals surface area (Å²) in [5.41, 5.74) is 22.1. The highest BCUT2D eigenvalue weighted by Crippen LogP contribution is 2.25. The van der Waals surface area contributed by atoms with Crippen LogP contribution in [0.15, 0.2) is 134 Å². The molecule has 42 nitrogen and oxygen atoms in total. The van der Waals surface area contributed by atoms with E-state index >= 15 is 4.79 Å². The summed E-state index contributed by atoms with van der Waals surface area (Å²) in [5.74, 6) is -16.7. The second-order valence-corrected chi connectivity index (χ2v) is 39.2. The molecule has 43 heteroatoms. The highest BCUT2D eigenvalue weighted by atomic mass is 32.2. The number of phenolic OH excluding ortho intramolecular Hbond substituents is 3. The highest BCUT2D eigenvalue weighted by Gasteiger charge is 2.40. The van der Waals surface area contributed by atoms with Crippen molar-refractivity contribution in [2.75, 3.05) is 31.6 Å². The molecular formula is C103H148N22O20S. The Kier molecular flexibility index (Phi) is 48.1. The number of carbonyl (C=O) groups is 16. The maximum Gasteiger partial charge on any atom is 0.326 e. The molecule has 0 saturated carbocycles. The van der Waals surface area contributed by atoms with Gasteiger partial charge in [-0.05, 0) is 196 Å². The molecule has 146 heavy (non-hydrogen) atoms. The third-order valence-electron chi connectivity index (χ3n) is 25.1. The van der Waals surface area contributed by atoms with Crippen LogP contribution in [-0.2, 0) is 109 Å². The van der Waals surface area contributed by atoms with Gasteiger partial charge in [0.2, 0.25) is 88.6 Å². The first-order chi connectivity index (χ1) is 69.3. The van der Waals surface area contributed by atoms with Gasteiger partial charge in [0, 0.05) is 66.4 Å². The van der Waals surface area contributed by atoms with Crippen molar-refractivity contribution in [1.82, 2.24) is 95.0 Å². The highest BCUT2D eigenvalue weighted by molar-refractivity contribution is 7.98. The first-order valence-electron chi connectivity index (χ1n) is 49.5. The van der Waals surface area contributed by atoms with Gasteiger partial charge in [-0.1, -0.05) is 155 Å². The van der Waals surface area contributed by atoms with Crippen LogP contribution in [0.1, 0.15) is 175 Å². The maximum absolute atomic E-state index is 15.0. The van der Waals surface area contributed by atoms with Crippen LogP contribution in [0.2, 0.25) is 0 Å². The summed E-state index contributed by atoms with van der Waals surface area (Å²) in [6, 6.07) is 11.2. The molecule has 0 spiro atoms. The summed E-state index contributed by atoms with van der Waals surface area (Å²) in [6.07, 6.45) is 6.07. The minimum atomic E-state index is -1.55. The Morgan fingerprint density at radius 3 is 1.18 bits per heavy atom. The Bertz CT molecular complexity index is 5570. The van der Waals surface area contributed by atoms with E-state index in [9.17, 15) is 92.3 Å². The number of unbranched alkanes of at least 4 members (excludes halogenated alkanes) is 1. The predicted molar refractivity (Wildman–Crippen MR) is 554 cm³/mol. The Labute approximate surface area is 854 Å². The first kappa shape index (κ1) is 119. The molecule has 0 aliphatic carbocycles. The monoisotopic (exact) mass is 2050 g/mol. The largest absolute Gasteiger partial charge is 0.508 e. The lowest BCUT2D eigenvalue weighted by Gasteiger charge is -2.30. The number of carboxylic acids is 1. The summed E-state index contributed by atoms with van der Waals surface area (Å²) < 4.78 is 0. The van der Waals surface area contributed by atoms with Crippen LogP contribution in [0.25, 0.3) is 21.8 Å². The molecule has 796 valence electrons. The number of hydrogen-bond donors (Lipinski definition) is 26. The fourth-order valence-electron chi connectivity index (χ4n) is 16.3. The molecule has 0 unspecified atom stereocenters. The van der Waals surface area contributed by atoms with Crippen LogP contribution in [0.4, 0.5) is 0 Å². The van der Waals surface area contributed by atoms with Crippen molar-refractivity contribution < 1.29 is 97.1 Å². The number of aromatic hydroxyl groups is 3. The number of nitrogens with two attached hydrogens (primary N) is 3. The van der Waals surface area contributed by atoms with Gasteiger partial charge in [-0.25, -0.2) is 4.79 Å². The Balaban J connectivity index is 1.01. The van der Waals surface area contributed by atoms with Crippen molar-refractivity contribution in [3.63, 3.8) is 0 Å². The van der Waals surface area contributed by atoms with Gasteiger partial charge >= 0.3 is 5.97 Å². The molecule has 0 aliphatic rings. The molecule has 0 bridgehead atoms. The standard InChI is InChI=1S/C103H148N22O20S/c1-14-58(9)86(100(142)120-78(45-55(3)4)95(137)115-75(27-20-21-42-104)91(133)114-76(28-22-43-108-103(106)107)92(134)122-83(102(144)145)51-66-53-110-74-26-19-17-24-71(66)74)123-84(129)54-111-88(130)60(11)113-99(141)85(57(7)8)124-98(140)82(49-64-33-39-69(128)40-34-64)117-89(131)61(12)112-94(136)80(47-62-29-35-67(126)36-30-62)119-93(135)77(41-44-146-13)116-96(138)81(48-63-31-37-68(127)38-32-63)121-101(143)87(59(10)15-2)125-97(139)79(46-56(5)6)118-90(132)72(105)50-65-52-109-73-25-18-16-23-70(65)73/h16-19,23-26,29-40,52-53,55-61,72,75-83,85-87,109-110,126-128H,14-15,20-22,27-28,41-51,54,104-105H2,1-13H3,(H,111,130)(H,112,136)(H,113,141)(H,114,133)(H,115,137)(H,116,138)(H,117,131)(H,118,132)(H,119,135)(H,120,142)(H,121,143)(H,122,134)(H,123,129)(H,124,140)(H,125,139)(H,144,145)(H4,106,107,108)/t58-,59-,60-,61-,72-,75-,76-,77-,78-,79-,80-,81-,82-,83-,85-,86-,87-/m1/s1. The molecule has 29 N–H and O–H groups in total. The number of amides is 15. The zero-order valence-electron chi connectivity index (χ0n) is 85.1. The average Bonchev–Trinajstić information content (AvgIpc) is 1.65. The van der Waals surface area contributed by atoms with Crippen LogP contribution in [0.5, 0.6) is 17.2 Å². The van der Waals surface area contributed by atoms with Crippen LogP contribution in [0, 0.1) is 35.0 Å². The summed E-state index contributed by atoms with van der Waals surface area (Å²) in [4.78, 5) is 236. The first-order valence-corrected chi connectivity index (χ1v) is 50.9. The minimum Gasteiger partial charge on any atom is -0.508 e. The van der Waals surface area contributed by atoms with E-state index in [-0.39, 0.29) is 125 Å². The third-order valence-corrected chi connectivity index (χ3v) is 25.7. The van der Waals surface area contributed by atoms with Crippen molar-refractivity contribution >= 4 is 134 Å². The molecule has 0 aliphatic heterocycles. The predicted octanol–water partition coefficient (Wildman–Crippen LogP) is 2.62. The quantitative estimate of drug-likeness (QED) is 0.0148. The smallest absolute Gasteiger partial charge is 0.326 e. The SMILES string of the molecule is CC[C@@H](C)[C@@H](NC(=O)CNC(=O)[C@@H](C)NC(=O)[C@H](NC(=O)[C@@H](Cc1ccc(O)cc1)NC(=O)[C@@H](C)NC(=O)[C@@H](Cc1ccc(O)cc1)NC(=O)[C@@H](CCSC)NC(=O)[C@@H](Cc1ccc(O)cc1)NC(=O)[C@H](NC(=O)[C@@H](CC(C)C)NC(=O)[C@H](N)Cc1c[nH]c2ccccc12)[C@H](C)CC)C(C)C)C(=O)N[C@H](CC(C)C)C(=O)N[C@H](CCCCN)C(=O)N[C@H](CCCNC(=N)N)C(=O)N[C@H](Cc1c[nH]c2ccccc12)C(=O)O. The van der Waals surface area contributed by atoms with Crippen molar-refractivity contribution in [2.24, 2.45) is 46.8 Å². The Hall–Kier alpha value is -14.4. The lowest BCUT2D eigenvalue weighted by molar-refractivity contribution is -0.142. The second-order valence-electron chi connectivity index (χ2n) is 38.3. The van der Waals surface area contributed by atoms with Gasteiger partial charge in [0.15, 0.2) is 5.96 Å². The molecule has 17 atom stereocenters. The molecule has 7 rings (SSSR count). The third kappa shape index (κ3) is 38.3. The number of aromatic nitrogens is 2. The molecule has 15 amide bonds. The van der Waals surface area contributed by atoms with E-state index in [1.165, 1.54) is 98.4 Å². The van der Waals surface area contributed by atoms with E-state index in [1.807, 2.05) is 50.2 Å². The number of H-pyrrole nitrogens is 2. The Morgan fingerprint density at radius 2 is 0.733 bits per heavy atom. The number of guanidine groups is 1. The number of benzene rings is 5. The van der Waals surface area contributed by atoms with Crippen molar-refractivity contribution in [3.05, 3.63) is 162 Å². The number of phenols is 3. The van der Waals surface area contributed by atoms with Crippen molar-refractivity contribution in [3.8, 4) is 17.2 Å². The summed E-state index contributed by atoms with van der Waals surface area (Å²) >= 11 is 1.32. The number of para-hydroxylation sites is 2. The number of aromatic amines is 2. The van der Waals surface area contributed by atoms with Gasteiger partial charge in [0.25, 0.3) is 0 Å². The lowest BCUT2D eigenvalue weighted by Crippen LogP contribution is -2.61. The molecule has 0 radical (unpaired) electrons. The zero-order chi connectivity index (χ0) is 108. The van der Waals surface area contributed by atoms with Crippen LogP contribution < -0.4 is 102 Å². The van der Waals surface area contributed by atoms with Crippen molar-refractivity contribution in [1.29, 1.82) is 5.41 Å². The van der Waals surface area contributed by atoms with E-state index in [0.29, 0.717) is 47.9 Å². The number of thioether (sulfide) groups is 1. The van der Waals surface area contributed by atoms with Gasteiger partial charge < -0.3 is 133 Å². The molecule has 7 aromatic rings. The minimum absolute atomic E-state index is 0.00783. The molecular weight excluding hydrogens is 1900 g/mol. The molecule has 0 saturated heterocycles. The average molecular weight is 2050 g/mol. The fraction of sp³-hybridized carbons (Fsp3) is 0.505. The molecule has 0 fully saturated rings. The van der Waals surface area contributed by atoms with Gasteiger partial charge in [0.05, 0.1) is 12.6 Å². The van der Waals surface area contributed by atoms with E-state index in [4.69, 9.17) is 22.6 Å². The number of rotatable bonds is 61. The summed E-state index contributed by atoms with van der Waals surface area (Å²) in [7, 11) is 0. The Morgan fingerprint density at radius 1 is 0.377 bits per heavy atom. The number of hydrogen-bond acceptors (Lipinski definition) is 23. The van der Waals surface area contributed by atoms with E-state index in [1.54, 1.807) is 86.2 Å². The lowest BCUT2D eigenvalue weighted by atomic mass is 9.95. The maximum atomic E-state index is 15.0. The number of carboxylic acid groups (broad SMARTS) is 1. The summed E-state index contributed by atoms with van der Waals surface area (Å²) in [6.45, 7) is 19.6. The van der Waals surface area contributed by atoms with Crippen LogP contribution in [-0.4, -0.2) is 253 Å². The van der Waals surface area contributed by atoms with E-state index in [0.717, 1.165) is 27.4 Å². The van der Waals surface area contributed by atoms with Crippen LogP contribution >= 0.6 is 11.8 Å². The normalized spacial score (nSPS) is 14.9. The molecule has 2 aromatic heterocycles. The number of aliphatic carboxylic acids is 1. The molecule has 2 heterocycles. The van der Waals surface area contributed by atoms with Gasteiger partial charge in [-0.15, -0.1) is 0 Å².